The average Bonchev–Trinajstić information content (AvgIpc) is 2.30. The number of carbonyl (C=O) groups excluding carboxylic acids is 1. The number of alkyl halides is 2. The van der Waals surface area contributed by atoms with Crippen LogP contribution in [0.5, 0.6) is 0 Å². The Labute approximate surface area is 101 Å². The van der Waals surface area contributed by atoms with Crippen molar-refractivity contribution in [2.75, 3.05) is 7.11 Å². The summed E-state index contributed by atoms with van der Waals surface area (Å²) in [5.74, 6) is -1.58. The monoisotopic (exact) mass is 260 g/mol. The number of carbonyl (C=O) groups is 1. The maximum atomic E-state index is 12.6. The topological polar surface area (TPSA) is 82.3 Å². The lowest BCUT2D eigenvalue weighted by Gasteiger charge is -2.05. The first-order valence-corrected chi connectivity index (χ1v) is 4.86. The molecule has 0 aliphatic rings. The van der Waals surface area contributed by atoms with Gasteiger partial charge in [-0.15, -0.1) is 0 Å². The summed E-state index contributed by atoms with van der Waals surface area (Å²) < 4.78 is 29.6. The number of esters is 1. The molecule has 18 heavy (non-hydrogen) atoms. The van der Waals surface area contributed by atoms with Gasteiger partial charge in [0, 0.05) is 0 Å². The summed E-state index contributed by atoms with van der Waals surface area (Å²) in [6.07, 6.45) is -3.30. The van der Waals surface area contributed by atoms with E-state index in [9.17, 15) is 23.7 Å². The Kier molecular flexibility index (Phi) is 4.24. The highest BCUT2D eigenvalue weighted by molar-refractivity contribution is 5.72. The molecule has 0 aromatic carbocycles. The molecule has 1 aromatic rings. The molecule has 0 N–H and O–H groups in total. The number of hydrogen-bond donors (Lipinski definition) is 0. The molecule has 0 radical (unpaired) electrons. The lowest BCUT2D eigenvalue weighted by atomic mass is 10.1. The second-order valence-corrected chi connectivity index (χ2v) is 3.48. The molecule has 0 aliphatic carbocycles. The first-order chi connectivity index (χ1) is 8.36. The van der Waals surface area contributed by atoms with Gasteiger partial charge in [0.25, 0.3) is 6.43 Å². The Morgan fingerprint density at radius 1 is 1.61 bits per heavy atom. The Bertz CT molecular complexity index is 491. The van der Waals surface area contributed by atoms with E-state index in [1.54, 1.807) is 0 Å². The molecule has 1 heterocycles. The van der Waals surface area contributed by atoms with Crippen molar-refractivity contribution in [3.05, 3.63) is 33.0 Å². The van der Waals surface area contributed by atoms with Gasteiger partial charge in [-0.05, 0) is 28.5 Å². The van der Waals surface area contributed by atoms with Crippen molar-refractivity contribution in [3.63, 3.8) is 0 Å². The third-order valence-electron chi connectivity index (χ3n) is 2.27. The zero-order chi connectivity index (χ0) is 13.9. The summed E-state index contributed by atoms with van der Waals surface area (Å²) in [5, 5.41) is 10.6. The van der Waals surface area contributed by atoms with Crippen LogP contribution in [-0.2, 0) is 16.0 Å². The highest BCUT2D eigenvalue weighted by Gasteiger charge is 2.27. The van der Waals surface area contributed by atoms with E-state index in [4.69, 9.17) is 0 Å². The first kappa shape index (κ1) is 13.9. The summed E-state index contributed by atoms with van der Waals surface area (Å²) in [6, 6.07) is 0.966. The van der Waals surface area contributed by atoms with Crippen molar-refractivity contribution in [2.24, 2.45) is 0 Å². The smallest absolute Gasteiger partial charge is 0.372 e. The van der Waals surface area contributed by atoms with Crippen LogP contribution >= 0.6 is 0 Å². The normalized spacial score (nSPS) is 10.5. The molecule has 0 saturated heterocycles. The minimum Gasteiger partial charge on any atom is -0.469 e. The zero-order valence-corrected chi connectivity index (χ0v) is 9.65. The van der Waals surface area contributed by atoms with Crippen molar-refractivity contribution in [1.29, 1.82) is 0 Å². The molecule has 0 atom stereocenters. The van der Waals surface area contributed by atoms with Gasteiger partial charge in [0.1, 0.15) is 12.0 Å². The van der Waals surface area contributed by atoms with Gasteiger partial charge in [0.2, 0.25) is 0 Å². The van der Waals surface area contributed by atoms with Crippen LogP contribution in [0.3, 0.4) is 0 Å². The molecule has 0 unspecified atom stereocenters. The van der Waals surface area contributed by atoms with Gasteiger partial charge in [-0.3, -0.25) is 4.79 Å². The third kappa shape index (κ3) is 2.96. The highest BCUT2D eigenvalue weighted by atomic mass is 19.3. The number of pyridine rings is 1. The average molecular weight is 260 g/mol. The van der Waals surface area contributed by atoms with Crippen molar-refractivity contribution in [2.45, 2.75) is 19.8 Å². The van der Waals surface area contributed by atoms with E-state index >= 15 is 0 Å². The van der Waals surface area contributed by atoms with Crippen LogP contribution in [0, 0.1) is 17.0 Å². The number of aromatic nitrogens is 1. The van der Waals surface area contributed by atoms with Crippen LogP contribution in [0.4, 0.5) is 14.6 Å². The van der Waals surface area contributed by atoms with Gasteiger partial charge in [-0.2, -0.15) is 0 Å². The molecule has 0 saturated carbocycles. The van der Waals surface area contributed by atoms with Gasteiger partial charge < -0.3 is 14.9 Å². The number of hydrogen-bond acceptors (Lipinski definition) is 5. The second-order valence-electron chi connectivity index (χ2n) is 3.48. The van der Waals surface area contributed by atoms with Gasteiger partial charge >= 0.3 is 11.8 Å². The number of nitrogens with zero attached hydrogens (tertiary/aromatic N) is 2. The Morgan fingerprint density at radius 3 is 2.67 bits per heavy atom. The summed E-state index contributed by atoms with van der Waals surface area (Å²) >= 11 is 0. The minimum atomic E-state index is -3.00. The molecular formula is C10H10F2N2O4. The van der Waals surface area contributed by atoms with E-state index in [0.29, 0.717) is 0 Å². The van der Waals surface area contributed by atoms with Crippen molar-refractivity contribution >= 4 is 11.8 Å². The summed E-state index contributed by atoms with van der Waals surface area (Å²) in [4.78, 5) is 24.2. The molecule has 98 valence electrons. The van der Waals surface area contributed by atoms with Crippen molar-refractivity contribution in [1.82, 2.24) is 4.98 Å². The Morgan fingerprint density at radius 2 is 2.22 bits per heavy atom. The van der Waals surface area contributed by atoms with Crippen LogP contribution in [0.1, 0.15) is 23.2 Å². The Balaban J connectivity index is 3.27. The van der Waals surface area contributed by atoms with E-state index in [2.05, 4.69) is 9.72 Å². The molecule has 6 nitrogen and oxygen atoms in total. The number of nitro groups is 1. The van der Waals surface area contributed by atoms with Gasteiger partial charge in [-0.25, -0.2) is 8.78 Å². The molecule has 0 aliphatic heterocycles. The van der Waals surface area contributed by atoms with Gasteiger partial charge in [0.05, 0.1) is 7.11 Å². The Hall–Kier alpha value is -2.12. The minimum absolute atomic E-state index is 0.0537. The lowest BCUT2D eigenvalue weighted by Crippen LogP contribution is -2.10. The summed E-state index contributed by atoms with van der Waals surface area (Å²) in [5.41, 5.74) is -0.426. The predicted molar refractivity (Wildman–Crippen MR) is 56.3 cm³/mol. The van der Waals surface area contributed by atoms with Crippen LogP contribution in [0.2, 0.25) is 0 Å². The number of methoxy groups -OCH3 is 1. The first-order valence-electron chi connectivity index (χ1n) is 4.86. The SMILES string of the molecule is COC(=O)Cc1nc([N+](=O)[O-])c(C(F)F)cc1C. The van der Waals surface area contributed by atoms with E-state index < -0.39 is 28.7 Å². The maximum Gasteiger partial charge on any atom is 0.372 e. The zero-order valence-electron chi connectivity index (χ0n) is 9.65. The largest absolute Gasteiger partial charge is 0.469 e. The fourth-order valence-corrected chi connectivity index (χ4v) is 1.36. The molecule has 8 heteroatoms. The standard InChI is InChI=1S/C10H10F2N2O4/c1-5-3-6(9(11)12)10(14(16)17)13-7(5)4-8(15)18-2/h3,9H,4H2,1-2H3. The van der Waals surface area contributed by atoms with Crippen LogP contribution in [-0.4, -0.2) is 23.0 Å². The van der Waals surface area contributed by atoms with E-state index in [1.807, 2.05) is 0 Å². The molecular weight excluding hydrogens is 250 g/mol. The third-order valence-corrected chi connectivity index (χ3v) is 2.27. The number of halogens is 2. The molecule has 1 aromatic heterocycles. The van der Waals surface area contributed by atoms with Crippen LogP contribution < -0.4 is 0 Å². The molecule has 0 fully saturated rings. The predicted octanol–water partition coefficient (Wildman–Crippen LogP) is 1.95. The molecule has 0 bridgehead atoms. The van der Waals surface area contributed by atoms with Crippen LogP contribution in [0.25, 0.3) is 0 Å². The molecule has 1 rings (SSSR count). The number of aryl methyl sites for hydroxylation is 1. The fourth-order valence-electron chi connectivity index (χ4n) is 1.36. The number of ether oxygens (including phenoxy) is 1. The molecule has 0 spiro atoms. The lowest BCUT2D eigenvalue weighted by molar-refractivity contribution is -0.391. The van der Waals surface area contributed by atoms with E-state index in [-0.39, 0.29) is 17.7 Å². The van der Waals surface area contributed by atoms with Gasteiger partial charge in [0.15, 0.2) is 5.69 Å². The maximum absolute atomic E-state index is 12.6. The van der Waals surface area contributed by atoms with E-state index in [0.717, 1.165) is 13.2 Å². The summed E-state index contributed by atoms with van der Waals surface area (Å²) in [6.45, 7) is 1.45. The molecule has 0 amide bonds. The quantitative estimate of drug-likeness (QED) is 0.469. The van der Waals surface area contributed by atoms with Gasteiger partial charge in [-0.1, -0.05) is 0 Å². The van der Waals surface area contributed by atoms with Crippen LogP contribution in [0.15, 0.2) is 6.07 Å². The van der Waals surface area contributed by atoms with E-state index in [1.165, 1.54) is 6.92 Å². The fraction of sp³-hybridized carbons (Fsp3) is 0.400. The second kappa shape index (κ2) is 5.48. The summed E-state index contributed by atoms with van der Waals surface area (Å²) in [7, 11) is 1.15. The van der Waals surface area contributed by atoms with Crippen molar-refractivity contribution < 1.29 is 23.2 Å². The highest BCUT2D eigenvalue weighted by Crippen LogP contribution is 2.29. The number of rotatable bonds is 4. The van der Waals surface area contributed by atoms with Crippen molar-refractivity contribution in [3.8, 4) is 0 Å².